The number of para-hydroxylation sites is 2. The van der Waals surface area contributed by atoms with Gasteiger partial charge in [0, 0.05) is 10.9 Å². The highest BCUT2D eigenvalue weighted by molar-refractivity contribution is 6.32. The second-order valence-electron chi connectivity index (χ2n) is 5.61. The monoisotopic (exact) mass is 370 g/mol. The normalized spacial score (nSPS) is 11.1. The molecule has 0 fully saturated rings. The van der Waals surface area contributed by atoms with Crippen LogP contribution < -0.4 is 9.47 Å². The first-order valence-electron chi connectivity index (χ1n) is 8.05. The maximum atomic E-state index is 6.42. The summed E-state index contributed by atoms with van der Waals surface area (Å²) in [5.41, 5.74) is 3.26. The van der Waals surface area contributed by atoms with Crippen LogP contribution in [-0.2, 0) is 11.4 Å². The highest BCUT2D eigenvalue weighted by Crippen LogP contribution is 2.30. The number of benzene rings is 2. The van der Waals surface area contributed by atoms with Crippen molar-refractivity contribution in [3.8, 4) is 11.5 Å². The van der Waals surface area contributed by atoms with E-state index in [2.05, 4.69) is 10.1 Å². The van der Waals surface area contributed by atoms with Crippen molar-refractivity contribution >= 4 is 28.7 Å². The molecule has 6 heteroatoms. The summed E-state index contributed by atoms with van der Waals surface area (Å²) >= 11 is 6.42. The number of rotatable bonds is 6. The highest BCUT2D eigenvalue weighted by atomic mass is 35.5. The molecule has 0 saturated carbocycles. The number of hydrogen-bond donors (Lipinski definition) is 0. The number of aryl methyl sites for hydroxylation is 1. The standard InChI is InChI=1S/C20H19ClN2O3/c1-13-15-8-4-5-9-16(15)23-17(19(13)21)12-26-22-11-14-7-6-10-18(24-2)20(14)25-3/h4-11H,12H2,1-3H3/b22-11-. The first-order chi connectivity index (χ1) is 12.7. The molecule has 5 nitrogen and oxygen atoms in total. The fourth-order valence-corrected chi connectivity index (χ4v) is 2.92. The maximum Gasteiger partial charge on any atom is 0.169 e. The molecule has 0 aliphatic carbocycles. The molecule has 0 aliphatic rings. The van der Waals surface area contributed by atoms with Crippen LogP contribution in [0.5, 0.6) is 11.5 Å². The van der Waals surface area contributed by atoms with Crippen molar-refractivity contribution in [1.29, 1.82) is 0 Å². The number of fused-ring (bicyclic) bond motifs is 1. The minimum absolute atomic E-state index is 0.174. The Morgan fingerprint density at radius 3 is 2.65 bits per heavy atom. The molecule has 1 aromatic heterocycles. The largest absolute Gasteiger partial charge is 0.493 e. The number of hydrogen-bond acceptors (Lipinski definition) is 5. The zero-order valence-electron chi connectivity index (χ0n) is 14.8. The van der Waals surface area contributed by atoms with Crippen LogP contribution in [0.15, 0.2) is 47.6 Å². The molecule has 0 amide bonds. The third-order valence-electron chi connectivity index (χ3n) is 4.05. The van der Waals surface area contributed by atoms with Crippen molar-refractivity contribution < 1.29 is 14.3 Å². The molecule has 0 saturated heterocycles. The van der Waals surface area contributed by atoms with E-state index in [0.29, 0.717) is 22.2 Å². The maximum absolute atomic E-state index is 6.42. The predicted octanol–water partition coefficient (Wildman–Crippen LogP) is 4.76. The molecule has 3 aromatic rings. The number of nitrogens with zero attached hydrogens (tertiary/aromatic N) is 2. The van der Waals surface area contributed by atoms with Gasteiger partial charge in [-0.05, 0) is 30.7 Å². The van der Waals surface area contributed by atoms with E-state index in [9.17, 15) is 0 Å². The van der Waals surface area contributed by atoms with E-state index >= 15 is 0 Å². The molecule has 0 unspecified atom stereocenters. The van der Waals surface area contributed by atoms with Crippen molar-refractivity contribution in [2.24, 2.45) is 5.16 Å². The van der Waals surface area contributed by atoms with Crippen LogP contribution in [0.2, 0.25) is 5.02 Å². The Bertz CT molecular complexity index is 957. The third kappa shape index (κ3) is 3.58. The quantitative estimate of drug-likeness (QED) is 0.463. The lowest BCUT2D eigenvalue weighted by atomic mass is 10.1. The van der Waals surface area contributed by atoms with E-state index in [0.717, 1.165) is 22.0 Å². The summed E-state index contributed by atoms with van der Waals surface area (Å²) < 4.78 is 10.6. The topological polar surface area (TPSA) is 52.9 Å². The number of oxime groups is 1. The van der Waals surface area contributed by atoms with E-state index in [1.807, 2.05) is 49.4 Å². The van der Waals surface area contributed by atoms with Gasteiger partial charge in [0.25, 0.3) is 0 Å². The van der Waals surface area contributed by atoms with Crippen LogP contribution >= 0.6 is 11.6 Å². The Kier molecular flexibility index (Phi) is 5.58. The van der Waals surface area contributed by atoms with Crippen LogP contribution in [0, 0.1) is 6.92 Å². The van der Waals surface area contributed by atoms with Crippen molar-refractivity contribution in [1.82, 2.24) is 4.98 Å². The highest BCUT2D eigenvalue weighted by Gasteiger charge is 2.11. The van der Waals surface area contributed by atoms with Gasteiger partial charge in [-0.15, -0.1) is 0 Å². The van der Waals surface area contributed by atoms with Crippen molar-refractivity contribution in [3.05, 3.63) is 64.3 Å². The first-order valence-corrected chi connectivity index (χ1v) is 8.43. The Morgan fingerprint density at radius 1 is 1.08 bits per heavy atom. The Balaban J connectivity index is 1.77. The molecular formula is C20H19ClN2O3. The van der Waals surface area contributed by atoms with Crippen LogP contribution in [0.1, 0.15) is 16.8 Å². The lowest BCUT2D eigenvalue weighted by Crippen LogP contribution is -1.98. The SMILES string of the molecule is COc1cccc(/C=N\OCc2nc3ccccc3c(C)c2Cl)c1OC. The van der Waals surface area contributed by atoms with Crippen LogP contribution in [0.4, 0.5) is 0 Å². The van der Waals surface area contributed by atoms with Gasteiger partial charge in [-0.25, -0.2) is 4.98 Å². The zero-order valence-corrected chi connectivity index (χ0v) is 15.6. The van der Waals surface area contributed by atoms with E-state index in [1.165, 1.54) is 0 Å². The molecule has 0 bridgehead atoms. The number of pyridine rings is 1. The predicted molar refractivity (Wildman–Crippen MR) is 103 cm³/mol. The molecule has 1 heterocycles. The molecular weight excluding hydrogens is 352 g/mol. The molecule has 0 radical (unpaired) electrons. The van der Waals surface area contributed by atoms with Crippen molar-refractivity contribution in [2.75, 3.05) is 14.2 Å². The van der Waals surface area contributed by atoms with Gasteiger partial charge >= 0.3 is 0 Å². The number of methoxy groups -OCH3 is 2. The summed E-state index contributed by atoms with van der Waals surface area (Å²) in [5, 5.41) is 5.64. The molecule has 3 rings (SSSR count). The summed E-state index contributed by atoms with van der Waals surface area (Å²) in [6.07, 6.45) is 1.57. The summed E-state index contributed by atoms with van der Waals surface area (Å²) in [6, 6.07) is 13.4. The Labute approximate surface area is 157 Å². The number of aromatic nitrogens is 1. The van der Waals surface area contributed by atoms with Gasteiger partial charge in [0.1, 0.15) is 5.69 Å². The smallest absolute Gasteiger partial charge is 0.169 e. The van der Waals surface area contributed by atoms with Gasteiger partial charge in [-0.3, -0.25) is 0 Å². The van der Waals surface area contributed by atoms with Gasteiger partial charge in [0.05, 0.1) is 31.0 Å². The molecule has 0 N–H and O–H groups in total. The van der Waals surface area contributed by atoms with E-state index in [-0.39, 0.29) is 6.61 Å². The van der Waals surface area contributed by atoms with Crippen LogP contribution in [0.25, 0.3) is 10.9 Å². The van der Waals surface area contributed by atoms with E-state index in [4.69, 9.17) is 25.9 Å². The van der Waals surface area contributed by atoms with Crippen LogP contribution in [0.3, 0.4) is 0 Å². The van der Waals surface area contributed by atoms with Crippen molar-refractivity contribution in [3.63, 3.8) is 0 Å². The lowest BCUT2D eigenvalue weighted by molar-refractivity contribution is 0.129. The van der Waals surface area contributed by atoms with Crippen molar-refractivity contribution in [2.45, 2.75) is 13.5 Å². The Morgan fingerprint density at radius 2 is 1.88 bits per heavy atom. The molecule has 26 heavy (non-hydrogen) atoms. The van der Waals surface area contributed by atoms with Gasteiger partial charge < -0.3 is 14.3 Å². The number of ether oxygens (including phenoxy) is 2. The van der Waals surface area contributed by atoms with E-state index < -0.39 is 0 Å². The number of halogens is 1. The molecule has 0 atom stereocenters. The fraction of sp³-hybridized carbons (Fsp3) is 0.200. The first kappa shape index (κ1) is 18.0. The van der Waals surface area contributed by atoms with E-state index in [1.54, 1.807) is 20.4 Å². The van der Waals surface area contributed by atoms with Gasteiger partial charge in [0.15, 0.2) is 18.1 Å². The van der Waals surface area contributed by atoms with Gasteiger partial charge in [-0.1, -0.05) is 41.0 Å². The summed E-state index contributed by atoms with van der Waals surface area (Å²) in [5.74, 6) is 1.23. The Hall–Kier alpha value is -2.79. The third-order valence-corrected chi connectivity index (χ3v) is 4.55. The van der Waals surface area contributed by atoms with Gasteiger partial charge in [-0.2, -0.15) is 0 Å². The summed E-state index contributed by atoms with van der Waals surface area (Å²) in [6.45, 7) is 2.15. The fourth-order valence-electron chi connectivity index (χ4n) is 2.72. The second kappa shape index (κ2) is 8.06. The molecule has 0 aliphatic heterocycles. The molecule has 0 spiro atoms. The average molecular weight is 371 g/mol. The summed E-state index contributed by atoms with van der Waals surface area (Å²) in [7, 11) is 3.17. The minimum Gasteiger partial charge on any atom is -0.493 e. The van der Waals surface area contributed by atoms with Crippen LogP contribution in [-0.4, -0.2) is 25.4 Å². The minimum atomic E-state index is 0.174. The molecule has 2 aromatic carbocycles. The van der Waals surface area contributed by atoms with Gasteiger partial charge in [0.2, 0.25) is 0 Å². The lowest BCUT2D eigenvalue weighted by Gasteiger charge is -2.10. The molecule has 134 valence electrons. The zero-order chi connectivity index (χ0) is 18.5. The second-order valence-corrected chi connectivity index (χ2v) is 5.98. The summed E-state index contributed by atoms with van der Waals surface area (Å²) in [4.78, 5) is 9.97. The average Bonchev–Trinajstić information content (AvgIpc) is 2.68.